The summed E-state index contributed by atoms with van der Waals surface area (Å²) in [6.07, 6.45) is 1.84. The third-order valence-electron chi connectivity index (χ3n) is 2.97. The molecule has 24 heavy (non-hydrogen) atoms. The number of carbonyl (C=O) groups is 2. The first-order chi connectivity index (χ1) is 11.4. The summed E-state index contributed by atoms with van der Waals surface area (Å²) in [6, 6.07) is 10.2. The second kappa shape index (κ2) is 8.26. The Kier molecular flexibility index (Phi) is 6.08. The highest BCUT2D eigenvalue weighted by Crippen LogP contribution is 2.16. The highest BCUT2D eigenvalue weighted by Gasteiger charge is 2.10. The van der Waals surface area contributed by atoms with E-state index in [-0.39, 0.29) is 28.6 Å². The molecule has 0 saturated heterocycles. The van der Waals surface area contributed by atoms with Gasteiger partial charge in [0.25, 0.3) is 5.91 Å². The van der Waals surface area contributed by atoms with E-state index >= 15 is 0 Å². The number of amides is 2. The third-order valence-corrected chi connectivity index (χ3v) is 3.17. The fraction of sp³-hybridized carbons (Fsp3) is 0.235. The molecule has 6 nitrogen and oxygen atoms in total. The maximum atomic E-state index is 11.9. The molecule has 0 saturated carbocycles. The summed E-state index contributed by atoms with van der Waals surface area (Å²) < 4.78 is 5.04. The maximum absolute atomic E-state index is 11.9. The molecule has 0 aliphatic carbocycles. The van der Waals surface area contributed by atoms with Gasteiger partial charge in [-0.15, -0.1) is 0 Å². The molecule has 0 fully saturated rings. The Balaban J connectivity index is 1.94. The van der Waals surface area contributed by atoms with Gasteiger partial charge in [0.05, 0.1) is 6.26 Å². The molecular weight excluding hydrogens is 326 g/mol. The zero-order valence-electron chi connectivity index (χ0n) is 13.5. The third kappa shape index (κ3) is 5.51. The Morgan fingerprint density at radius 2 is 1.83 bits per heavy atom. The molecule has 126 valence electrons. The first kappa shape index (κ1) is 17.7. The highest BCUT2D eigenvalue weighted by molar-refractivity contribution is 7.80. The SMILES string of the molecule is CC(C)CC(=O)NC(=S)Nc1cccc(NC(=O)c2ccco2)c1. The fourth-order valence-electron chi connectivity index (χ4n) is 1.99. The van der Waals surface area contributed by atoms with Gasteiger partial charge in [-0.25, -0.2) is 0 Å². The summed E-state index contributed by atoms with van der Waals surface area (Å²) in [5.74, 6) is 0.00696. The van der Waals surface area contributed by atoms with Crippen LogP contribution in [0.2, 0.25) is 0 Å². The summed E-state index contributed by atoms with van der Waals surface area (Å²) >= 11 is 5.12. The molecular formula is C17H19N3O3S. The van der Waals surface area contributed by atoms with E-state index in [0.717, 1.165) is 0 Å². The van der Waals surface area contributed by atoms with E-state index in [9.17, 15) is 9.59 Å². The zero-order valence-corrected chi connectivity index (χ0v) is 14.3. The molecule has 0 bridgehead atoms. The van der Waals surface area contributed by atoms with Crippen molar-refractivity contribution in [3.63, 3.8) is 0 Å². The molecule has 7 heteroatoms. The second-order valence-corrected chi connectivity index (χ2v) is 6.02. The number of hydrogen-bond donors (Lipinski definition) is 3. The van der Waals surface area contributed by atoms with E-state index < -0.39 is 0 Å². The van der Waals surface area contributed by atoms with Crippen molar-refractivity contribution in [2.75, 3.05) is 10.6 Å². The molecule has 2 aromatic rings. The molecule has 2 amide bonds. The van der Waals surface area contributed by atoms with Crippen LogP contribution in [0.3, 0.4) is 0 Å². The van der Waals surface area contributed by atoms with E-state index in [4.69, 9.17) is 16.6 Å². The van der Waals surface area contributed by atoms with Gasteiger partial charge in [0, 0.05) is 17.8 Å². The van der Waals surface area contributed by atoms with Crippen molar-refractivity contribution < 1.29 is 14.0 Å². The predicted octanol–water partition coefficient (Wildman–Crippen LogP) is 3.39. The van der Waals surface area contributed by atoms with Gasteiger partial charge in [0.15, 0.2) is 10.9 Å². The topological polar surface area (TPSA) is 83.4 Å². The Morgan fingerprint density at radius 1 is 1.12 bits per heavy atom. The lowest BCUT2D eigenvalue weighted by molar-refractivity contribution is -0.120. The molecule has 0 atom stereocenters. The molecule has 0 spiro atoms. The Labute approximate surface area is 145 Å². The lowest BCUT2D eigenvalue weighted by atomic mass is 10.1. The number of furan rings is 1. The van der Waals surface area contributed by atoms with Crippen LogP contribution < -0.4 is 16.0 Å². The van der Waals surface area contributed by atoms with E-state index in [0.29, 0.717) is 17.8 Å². The van der Waals surface area contributed by atoms with Gasteiger partial charge in [-0.05, 0) is 48.5 Å². The first-order valence-corrected chi connectivity index (χ1v) is 7.90. The van der Waals surface area contributed by atoms with Crippen LogP contribution in [0, 0.1) is 5.92 Å². The number of nitrogens with one attached hydrogen (secondary N) is 3. The Morgan fingerprint density at radius 3 is 2.46 bits per heavy atom. The summed E-state index contributed by atoms with van der Waals surface area (Å²) in [7, 11) is 0. The monoisotopic (exact) mass is 345 g/mol. The minimum absolute atomic E-state index is 0.134. The van der Waals surface area contributed by atoms with Crippen molar-refractivity contribution >= 4 is 40.5 Å². The van der Waals surface area contributed by atoms with E-state index in [2.05, 4.69) is 16.0 Å². The number of thiocarbonyl (C=S) groups is 1. The van der Waals surface area contributed by atoms with Crippen molar-refractivity contribution in [2.45, 2.75) is 20.3 Å². The second-order valence-electron chi connectivity index (χ2n) is 5.61. The average molecular weight is 345 g/mol. The number of anilines is 2. The summed E-state index contributed by atoms with van der Waals surface area (Å²) in [5, 5.41) is 8.48. The van der Waals surface area contributed by atoms with Crippen molar-refractivity contribution in [1.82, 2.24) is 5.32 Å². The van der Waals surface area contributed by atoms with E-state index in [1.54, 1.807) is 36.4 Å². The van der Waals surface area contributed by atoms with Crippen LogP contribution in [0.15, 0.2) is 47.1 Å². The Hall–Kier alpha value is -2.67. The van der Waals surface area contributed by atoms with Gasteiger partial charge >= 0.3 is 0 Å². The molecule has 3 N–H and O–H groups in total. The van der Waals surface area contributed by atoms with Gasteiger partial charge in [-0.3, -0.25) is 9.59 Å². The smallest absolute Gasteiger partial charge is 0.291 e. The lowest BCUT2D eigenvalue weighted by Crippen LogP contribution is -2.34. The predicted molar refractivity (Wildman–Crippen MR) is 96.9 cm³/mol. The number of rotatable bonds is 5. The van der Waals surface area contributed by atoms with Crippen LogP contribution in [0.4, 0.5) is 11.4 Å². The van der Waals surface area contributed by atoms with Crippen LogP contribution in [0.1, 0.15) is 30.8 Å². The molecule has 1 aromatic carbocycles. The average Bonchev–Trinajstić information content (AvgIpc) is 3.00. The van der Waals surface area contributed by atoms with E-state index in [1.807, 2.05) is 13.8 Å². The molecule has 0 unspecified atom stereocenters. The molecule has 1 heterocycles. The molecule has 0 aliphatic heterocycles. The number of carbonyl (C=O) groups excluding carboxylic acids is 2. The summed E-state index contributed by atoms with van der Waals surface area (Å²) in [4.78, 5) is 23.6. The summed E-state index contributed by atoms with van der Waals surface area (Å²) in [6.45, 7) is 3.92. The standard InChI is InChI=1S/C17H19N3O3S/c1-11(2)9-15(21)20-17(24)19-13-6-3-5-12(10-13)18-16(22)14-7-4-8-23-14/h3-8,10-11H,9H2,1-2H3,(H,18,22)(H2,19,20,21,24). The fourth-order valence-corrected chi connectivity index (χ4v) is 2.22. The lowest BCUT2D eigenvalue weighted by Gasteiger charge is -2.11. The van der Waals surface area contributed by atoms with Crippen molar-refractivity contribution in [3.05, 3.63) is 48.4 Å². The molecule has 0 radical (unpaired) electrons. The quantitative estimate of drug-likeness (QED) is 0.724. The number of hydrogen-bond acceptors (Lipinski definition) is 4. The van der Waals surface area contributed by atoms with Crippen molar-refractivity contribution in [3.8, 4) is 0 Å². The maximum Gasteiger partial charge on any atom is 0.291 e. The van der Waals surface area contributed by atoms with Crippen LogP contribution >= 0.6 is 12.2 Å². The van der Waals surface area contributed by atoms with Crippen LogP contribution in [0.25, 0.3) is 0 Å². The minimum Gasteiger partial charge on any atom is -0.459 e. The van der Waals surface area contributed by atoms with Crippen LogP contribution in [-0.2, 0) is 4.79 Å². The molecule has 1 aromatic heterocycles. The Bertz CT molecular complexity index is 726. The zero-order chi connectivity index (χ0) is 17.5. The van der Waals surface area contributed by atoms with Gasteiger partial charge in [0.1, 0.15) is 0 Å². The highest BCUT2D eigenvalue weighted by atomic mass is 32.1. The minimum atomic E-state index is -0.343. The van der Waals surface area contributed by atoms with E-state index in [1.165, 1.54) is 6.26 Å². The molecule has 0 aliphatic rings. The summed E-state index contributed by atoms with van der Waals surface area (Å²) in [5.41, 5.74) is 1.24. The largest absolute Gasteiger partial charge is 0.459 e. The van der Waals surface area contributed by atoms with Gasteiger partial charge < -0.3 is 20.4 Å². The van der Waals surface area contributed by atoms with Gasteiger partial charge in [-0.1, -0.05) is 19.9 Å². The number of benzene rings is 1. The van der Waals surface area contributed by atoms with Crippen LogP contribution in [-0.4, -0.2) is 16.9 Å². The van der Waals surface area contributed by atoms with Crippen molar-refractivity contribution in [1.29, 1.82) is 0 Å². The van der Waals surface area contributed by atoms with Crippen molar-refractivity contribution in [2.24, 2.45) is 5.92 Å². The van der Waals surface area contributed by atoms with Crippen LogP contribution in [0.5, 0.6) is 0 Å². The molecule has 2 rings (SSSR count). The van der Waals surface area contributed by atoms with Gasteiger partial charge in [-0.2, -0.15) is 0 Å². The first-order valence-electron chi connectivity index (χ1n) is 7.50. The van der Waals surface area contributed by atoms with Gasteiger partial charge in [0.2, 0.25) is 5.91 Å². The normalized spacial score (nSPS) is 10.3.